The van der Waals surface area contributed by atoms with Crippen molar-refractivity contribution in [2.24, 2.45) is 7.05 Å². The van der Waals surface area contributed by atoms with Gasteiger partial charge in [-0.3, -0.25) is 4.68 Å². The third-order valence-electron chi connectivity index (χ3n) is 2.13. The molecule has 16 heavy (non-hydrogen) atoms. The molecule has 0 saturated heterocycles. The Morgan fingerprint density at radius 3 is 2.88 bits per heavy atom. The minimum absolute atomic E-state index is 0.116. The van der Waals surface area contributed by atoms with E-state index in [4.69, 9.17) is 10.5 Å². The normalized spacial score (nSPS) is 10.4. The van der Waals surface area contributed by atoms with Crippen LogP contribution in [0.25, 0.3) is 0 Å². The van der Waals surface area contributed by atoms with Crippen molar-refractivity contribution in [2.75, 3.05) is 5.73 Å². The van der Waals surface area contributed by atoms with Gasteiger partial charge in [0.25, 0.3) is 0 Å². The van der Waals surface area contributed by atoms with Crippen molar-refractivity contribution in [1.29, 1.82) is 0 Å². The molecular weight excluding hydrogens is 209 g/mol. The molecule has 0 aliphatic carbocycles. The smallest absolute Gasteiger partial charge is 0.149 e. The number of nitrogen functional groups attached to an aromatic ring is 1. The van der Waals surface area contributed by atoms with E-state index in [2.05, 4.69) is 5.10 Å². The number of aromatic nitrogens is 2. The Morgan fingerprint density at radius 2 is 2.25 bits per heavy atom. The van der Waals surface area contributed by atoms with E-state index >= 15 is 0 Å². The van der Waals surface area contributed by atoms with Gasteiger partial charge in [-0.25, -0.2) is 4.39 Å². The summed E-state index contributed by atoms with van der Waals surface area (Å²) in [7, 11) is 1.83. The largest absolute Gasteiger partial charge is 0.487 e. The zero-order valence-electron chi connectivity index (χ0n) is 8.85. The number of hydrogen-bond acceptors (Lipinski definition) is 3. The van der Waals surface area contributed by atoms with Crippen LogP contribution in [0.2, 0.25) is 0 Å². The van der Waals surface area contributed by atoms with E-state index in [1.54, 1.807) is 10.7 Å². The van der Waals surface area contributed by atoms with E-state index in [-0.39, 0.29) is 5.69 Å². The summed E-state index contributed by atoms with van der Waals surface area (Å²) < 4.78 is 20.1. The fourth-order valence-corrected chi connectivity index (χ4v) is 1.30. The van der Waals surface area contributed by atoms with Gasteiger partial charge in [-0.15, -0.1) is 0 Å². The van der Waals surface area contributed by atoms with Gasteiger partial charge >= 0.3 is 0 Å². The quantitative estimate of drug-likeness (QED) is 0.803. The molecule has 0 aliphatic heterocycles. The van der Waals surface area contributed by atoms with Crippen LogP contribution in [0.3, 0.4) is 0 Å². The summed E-state index contributed by atoms with van der Waals surface area (Å²) in [6, 6.07) is 6.20. The van der Waals surface area contributed by atoms with E-state index in [1.807, 2.05) is 19.3 Å². The van der Waals surface area contributed by atoms with Crippen molar-refractivity contribution in [1.82, 2.24) is 9.78 Å². The average Bonchev–Trinajstić information content (AvgIpc) is 2.66. The molecule has 4 nitrogen and oxygen atoms in total. The molecule has 0 saturated carbocycles. The van der Waals surface area contributed by atoms with Gasteiger partial charge in [0.15, 0.2) is 0 Å². The molecule has 2 N–H and O–H groups in total. The Hall–Kier alpha value is -2.04. The van der Waals surface area contributed by atoms with Crippen LogP contribution >= 0.6 is 0 Å². The highest BCUT2D eigenvalue weighted by molar-refractivity contribution is 5.43. The molecule has 0 atom stereocenters. The lowest BCUT2D eigenvalue weighted by Gasteiger charge is -2.05. The summed E-state index contributed by atoms with van der Waals surface area (Å²) in [4.78, 5) is 0. The molecule has 84 valence electrons. The van der Waals surface area contributed by atoms with E-state index in [9.17, 15) is 4.39 Å². The Bertz CT molecular complexity index is 496. The van der Waals surface area contributed by atoms with Crippen molar-refractivity contribution in [2.45, 2.75) is 6.61 Å². The molecule has 0 unspecified atom stereocenters. The minimum atomic E-state index is -0.474. The summed E-state index contributed by atoms with van der Waals surface area (Å²) in [5.74, 6) is -0.0316. The number of nitrogens with two attached hydrogens (primary N) is 1. The summed E-state index contributed by atoms with van der Waals surface area (Å²) in [5.41, 5.74) is 6.26. The Kier molecular flexibility index (Phi) is 2.76. The van der Waals surface area contributed by atoms with E-state index in [0.29, 0.717) is 12.4 Å². The van der Waals surface area contributed by atoms with Gasteiger partial charge in [-0.1, -0.05) is 0 Å². The molecule has 0 spiro atoms. The Morgan fingerprint density at radius 1 is 1.44 bits per heavy atom. The molecular formula is C11H12FN3O. The first-order chi connectivity index (χ1) is 7.65. The first-order valence-electron chi connectivity index (χ1n) is 4.81. The summed E-state index contributed by atoms with van der Waals surface area (Å²) in [6.45, 7) is 0.310. The molecule has 5 heteroatoms. The third-order valence-corrected chi connectivity index (χ3v) is 2.13. The van der Waals surface area contributed by atoms with Gasteiger partial charge in [0, 0.05) is 19.3 Å². The average molecular weight is 221 g/mol. The van der Waals surface area contributed by atoms with Crippen LogP contribution in [0.4, 0.5) is 10.1 Å². The molecule has 0 radical (unpaired) electrons. The molecule has 0 aliphatic rings. The van der Waals surface area contributed by atoms with Crippen molar-refractivity contribution >= 4 is 5.69 Å². The van der Waals surface area contributed by atoms with Crippen molar-refractivity contribution in [3.63, 3.8) is 0 Å². The predicted molar refractivity (Wildman–Crippen MR) is 58.4 cm³/mol. The third kappa shape index (κ3) is 2.31. The fraction of sp³-hybridized carbons (Fsp3) is 0.182. The number of aryl methyl sites for hydroxylation is 1. The molecule has 1 heterocycles. The van der Waals surface area contributed by atoms with Gasteiger partial charge in [0.1, 0.15) is 18.2 Å². The Balaban J connectivity index is 2.02. The number of hydrogen-bond donors (Lipinski definition) is 1. The topological polar surface area (TPSA) is 53.1 Å². The van der Waals surface area contributed by atoms with Crippen LogP contribution < -0.4 is 10.5 Å². The molecule has 2 rings (SSSR count). The van der Waals surface area contributed by atoms with Crippen LogP contribution in [0, 0.1) is 5.82 Å². The molecule has 0 amide bonds. The molecule has 0 bridgehead atoms. The maximum absolute atomic E-state index is 13.1. The summed E-state index contributed by atoms with van der Waals surface area (Å²) >= 11 is 0. The second-order valence-corrected chi connectivity index (χ2v) is 3.45. The van der Waals surface area contributed by atoms with E-state index < -0.39 is 5.82 Å². The molecule has 0 fully saturated rings. The first-order valence-corrected chi connectivity index (χ1v) is 4.81. The van der Waals surface area contributed by atoms with Gasteiger partial charge in [-0.2, -0.15) is 5.10 Å². The van der Waals surface area contributed by atoms with E-state index in [0.717, 1.165) is 5.69 Å². The highest BCUT2D eigenvalue weighted by Gasteiger charge is 2.02. The van der Waals surface area contributed by atoms with Gasteiger partial charge in [-0.05, 0) is 18.2 Å². The van der Waals surface area contributed by atoms with Crippen molar-refractivity contribution in [3.05, 3.63) is 42.0 Å². The van der Waals surface area contributed by atoms with Crippen LogP contribution in [-0.2, 0) is 13.7 Å². The number of rotatable bonds is 3. The molecule has 1 aromatic carbocycles. The highest BCUT2D eigenvalue weighted by atomic mass is 19.1. The van der Waals surface area contributed by atoms with Crippen LogP contribution in [0.5, 0.6) is 5.75 Å². The van der Waals surface area contributed by atoms with Crippen molar-refractivity contribution in [3.8, 4) is 5.75 Å². The summed E-state index contributed by atoms with van der Waals surface area (Å²) in [5, 5.41) is 4.14. The molecule has 2 aromatic rings. The minimum Gasteiger partial charge on any atom is -0.487 e. The number of nitrogens with zero attached hydrogens (tertiary/aromatic N) is 2. The predicted octanol–water partition coefficient (Wildman–Crippen LogP) is 1.72. The maximum atomic E-state index is 13.1. The summed E-state index contributed by atoms with van der Waals surface area (Å²) in [6.07, 6.45) is 1.82. The lowest BCUT2D eigenvalue weighted by molar-refractivity contribution is 0.298. The van der Waals surface area contributed by atoms with Crippen molar-refractivity contribution < 1.29 is 9.13 Å². The maximum Gasteiger partial charge on any atom is 0.149 e. The Labute approximate surface area is 92.4 Å². The number of ether oxygens (including phenoxy) is 1. The fourth-order valence-electron chi connectivity index (χ4n) is 1.30. The SMILES string of the molecule is Cn1ccc(COc2ccc(N)c(F)c2)n1. The second kappa shape index (κ2) is 4.22. The standard InChI is InChI=1S/C11H12FN3O/c1-15-5-4-8(14-15)7-16-9-2-3-11(13)10(12)6-9/h2-6H,7,13H2,1H3. The monoisotopic (exact) mass is 221 g/mol. The van der Waals surface area contributed by atoms with E-state index in [1.165, 1.54) is 12.1 Å². The zero-order valence-corrected chi connectivity index (χ0v) is 8.85. The van der Waals surface area contributed by atoms with Crippen LogP contribution in [0.15, 0.2) is 30.5 Å². The molecule has 1 aromatic heterocycles. The van der Waals surface area contributed by atoms with Gasteiger partial charge in [0.2, 0.25) is 0 Å². The number of anilines is 1. The lowest BCUT2D eigenvalue weighted by Crippen LogP contribution is -1.99. The van der Waals surface area contributed by atoms with Gasteiger partial charge in [0.05, 0.1) is 11.4 Å². The second-order valence-electron chi connectivity index (χ2n) is 3.45. The van der Waals surface area contributed by atoms with Gasteiger partial charge < -0.3 is 10.5 Å². The highest BCUT2D eigenvalue weighted by Crippen LogP contribution is 2.18. The van der Waals surface area contributed by atoms with Crippen LogP contribution in [0.1, 0.15) is 5.69 Å². The zero-order chi connectivity index (χ0) is 11.5. The lowest BCUT2D eigenvalue weighted by atomic mass is 10.3. The van der Waals surface area contributed by atoms with Crippen LogP contribution in [-0.4, -0.2) is 9.78 Å². The number of halogens is 1. The first kappa shape index (κ1) is 10.5. The number of benzene rings is 1.